The molecular weight excluding hydrogens is 303 g/mol. The Balaban J connectivity index is 2.07. The number of pyridine rings is 2. The summed E-state index contributed by atoms with van der Waals surface area (Å²) in [6.45, 7) is 1.84. The maximum Gasteiger partial charge on any atom is 0.153 e. The molecule has 0 spiro atoms. The standard InChI is InChI=1S/C17H12ClFN2O/c1-11-6-7-15(22-12-8-9-20-16(18)10-12)17(21-11)13-4-2-3-5-14(13)19/h2-10H,1H3. The van der Waals surface area contributed by atoms with E-state index in [1.807, 2.05) is 13.0 Å². The highest BCUT2D eigenvalue weighted by molar-refractivity contribution is 6.29. The molecule has 0 fully saturated rings. The minimum Gasteiger partial charge on any atom is -0.455 e. The van der Waals surface area contributed by atoms with E-state index in [2.05, 4.69) is 9.97 Å². The Labute approximate surface area is 132 Å². The third kappa shape index (κ3) is 3.07. The molecule has 0 radical (unpaired) electrons. The highest BCUT2D eigenvalue weighted by atomic mass is 35.5. The predicted octanol–water partition coefficient (Wildman–Crippen LogP) is 5.04. The molecule has 0 saturated heterocycles. The summed E-state index contributed by atoms with van der Waals surface area (Å²) in [6.07, 6.45) is 1.54. The molecule has 0 aliphatic heterocycles. The molecule has 2 aromatic heterocycles. The molecule has 2 heterocycles. The first-order chi connectivity index (χ1) is 10.6. The number of hydrogen-bond donors (Lipinski definition) is 0. The number of aryl methyl sites for hydroxylation is 1. The van der Waals surface area contributed by atoms with Gasteiger partial charge in [0.15, 0.2) is 5.75 Å². The van der Waals surface area contributed by atoms with E-state index in [4.69, 9.17) is 16.3 Å². The topological polar surface area (TPSA) is 35.0 Å². The van der Waals surface area contributed by atoms with E-state index in [-0.39, 0.29) is 5.82 Å². The molecule has 0 amide bonds. The van der Waals surface area contributed by atoms with Crippen LogP contribution in [0.2, 0.25) is 5.15 Å². The molecule has 3 rings (SSSR count). The van der Waals surface area contributed by atoms with Gasteiger partial charge in [-0.15, -0.1) is 0 Å². The van der Waals surface area contributed by atoms with Gasteiger partial charge in [-0.1, -0.05) is 23.7 Å². The summed E-state index contributed by atoms with van der Waals surface area (Å²) in [4.78, 5) is 8.31. The van der Waals surface area contributed by atoms with Crippen molar-refractivity contribution in [1.29, 1.82) is 0 Å². The van der Waals surface area contributed by atoms with Crippen molar-refractivity contribution in [2.75, 3.05) is 0 Å². The van der Waals surface area contributed by atoms with Crippen molar-refractivity contribution in [3.63, 3.8) is 0 Å². The van der Waals surface area contributed by atoms with Crippen molar-refractivity contribution in [2.45, 2.75) is 6.92 Å². The van der Waals surface area contributed by atoms with E-state index >= 15 is 0 Å². The number of hydrogen-bond acceptors (Lipinski definition) is 3. The van der Waals surface area contributed by atoms with Crippen molar-refractivity contribution < 1.29 is 9.13 Å². The van der Waals surface area contributed by atoms with Crippen LogP contribution in [-0.2, 0) is 0 Å². The predicted molar refractivity (Wildman–Crippen MR) is 83.7 cm³/mol. The fourth-order valence-electron chi connectivity index (χ4n) is 2.05. The lowest BCUT2D eigenvalue weighted by Crippen LogP contribution is -1.95. The van der Waals surface area contributed by atoms with Crippen LogP contribution in [0, 0.1) is 12.7 Å². The second-order valence-corrected chi connectivity index (χ2v) is 5.08. The maximum absolute atomic E-state index is 14.1. The zero-order valence-electron chi connectivity index (χ0n) is 11.8. The molecule has 3 aromatic rings. The Bertz CT molecular complexity index is 823. The van der Waals surface area contributed by atoms with Crippen LogP contribution in [-0.4, -0.2) is 9.97 Å². The molecule has 5 heteroatoms. The largest absolute Gasteiger partial charge is 0.455 e. The summed E-state index contributed by atoms with van der Waals surface area (Å²) in [5.74, 6) is 0.624. The summed E-state index contributed by atoms with van der Waals surface area (Å²) in [5, 5.41) is 0.324. The molecule has 0 aliphatic rings. The monoisotopic (exact) mass is 314 g/mol. The van der Waals surface area contributed by atoms with Crippen molar-refractivity contribution in [1.82, 2.24) is 9.97 Å². The zero-order valence-corrected chi connectivity index (χ0v) is 12.5. The van der Waals surface area contributed by atoms with E-state index in [1.54, 1.807) is 42.6 Å². The van der Waals surface area contributed by atoms with Gasteiger partial charge in [0, 0.05) is 23.5 Å². The van der Waals surface area contributed by atoms with Gasteiger partial charge in [0.05, 0.1) is 0 Å². The maximum atomic E-state index is 14.1. The minimum absolute atomic E-state index is 0.324. The number of halogens is 2. The molecule has 0 unspecified atom stereocenters. The Hall–Kier alpha value is -2.46. The molecule has 0 N–H and O–H groups in total. The normalized spacial score (nSPS) is 10.5. The minimum atomic E-state index is -0.349. The van der Waals surface area contributed by atoms with Gasteiger partial charge >= 0.3 is 0 Å². The molecule has 22 heavy (non-hydrogen) atoms. The Morgan fingerprint density at radius 3 is 2.68 bits per heavy atom. The van der Waals surface area contributed by atoms with Crippen LogP contribution in [0.25, 0.3) is 11.3 Å². The van der Waals surface area contributed by atoms with Crippen LogP contribution in [0.5, 0.6) is 11.5 Å². The van der Waals surface area contributed by atoms with Gasteiger partial charge in [-0.25, -0.2) is 14.4 Å². The van der Waals surface area contributed by atoms with Gasteiger partial charge in [-0.05, 0) is 37.3 Å². The molecule has 0 bridgehead atoms. The van der Waals surface area contributed by atoms with Gasteiger partial charge in [-0.2, -0.15) is 0 Å². The number of benzene rings is 1. The number of nitrogens with zero attached hydrogens (tertiary/aromatic N) is 2. The van der Waals surface area contributed by atoms with Crippen LogP contribution in [0.4, 0.5) is 4.39 Å². The summed E-state index contributed by atoms with van der Waals surface area (Å²) < 4.78 is 19.9. The van der Waals surface area contributed by atoms with Gasteiger partial charge in [0.2, 0.25) is 0 Å². The first-order valence-electron chi connectivity index (χ1n) is 6.65. The van der Waals surface area contributed by atoms with E-state index < -0.39 is 0 Å². The Kier molecular flexibility index (Phi) is 4.02. The van der Waals surface area contributed by atoms with Crippen LogP contribution in [0.15, 0.2) is 54.7 Å². The number of ether oxygens (including phenoxy) is 1. The molecule has 3 nitrogen and oxygen atoms in total. The first-order valence-corrected chi connectivity index (χ1v) is 7.03. The summed E-state index contributed by atoms with van der Waals surface area (Å²) in [6, 6.07) is 13.3. The van der Waals surface area contributed by atoms with E-state index in [0.29, 0.717) is 27.9 Å². The summed E-state index contributed by atoms with van der Waals surface area (Å²) in [5.41, 5.74) is 1.62. The van der Waals surface area contributed by atoms with Crippen LogP contribution >= 0.6 is 11.6 Å². The smallest absolute Gasteiger partial charge is 0.153 e. The van der Waals surface area contributed by atoms with Crippen molar-refractivity contribution in [3.05, 3.63) is 71.4 Å². The lowest BCUT2D eigenvalue weighted by molar-refractivity contribution is 0.481. The number of aromatic nitrogens is 2. The fourth-order valence-corrected chi connectivity index (χ4v) is 2.21. The fraction of sp³-hybridized carbons (Fsp3) is 0.0588. The van der Waals surface area contributed by atoms with Gasteiger partial charge < -0.3 is 4.74 Å². The average Bonchev–Trinajstić information content (AvgIpc) is 2.50. The second-order valence-electron chi connectivity index (χ2n) is 4.70. The summed E-state index contributed by atoms with van der Waals surface area (Å²) in [7, 11) is 0. The highest BCUT2D eigenvalue weighted by Gasteiger charge is 2.13. The second kappa shape index (κ2) is 6.12. The van der Waals surface area contributed by atoms with Crippen molar-refractivity contribution >= 4 is 11.6 Å². The third-order valence-electron chi connectivity index (χ3n) is 3.05. The van der Waals surface area contributed by atoms with Crippen LogP contribution in [0.3, 0.4) is 0 Å². The van der Waals surface area contributed by atoms with Crippen molar-refractivity contribution in [2.24, 2.45) is 0 Å². The highest BCUT2D eigenvalue weighted by Crippen LogP contribution is 2.33. The zero-order chi connectivity index (χ0) is 15.5. The van der Waals surface area contributed by atoms with Crippen molar-refractivity contribution in [3.8, 4) is 22.8 Å². The van der Waals surface area contributed by atoms with Gasteiger partial charge in [-0.3, -0.25) is 0 Å². The molecule has 0 aliphatic carbocycles. The average molecular weight is 315 g/mol. The SMILES string of the molecule is Cc1ccc(Oc2ccnc(Cl)c2)c(-c2ccccc2F)n1. The van der Waals surface area contributed by atoms with Gasteiger partial charge in [0.1, 0.15) is 22.4 Å². The van der Waals surface area contributed by atoms with Crippen LogP contribution < -0.4 is 4.74 Å². The first kappa shape index (κ1) is 14.5. The van der Waals surface area contributed by atoms with E-state index in [0.717, 1.165) is 5.69 Å². The van der Waals surface area contributed by atoms with E-state index in [1.165, 1.54) is 6.07 Å². The van der Waals surface area contributed by atoms with E-state index in [9.17, 15) is 4.39 Å². The molecular formula is C17H12ClFN2O. The lowest BCUT2D eigenvalue weighted by Gasteiger charge is -2.12. The number of rotatable bonds is 3. The molecule has 0 atom stereocenters. The molecule has 110 valence electrons. The molecule has 1 aromatic carbocycles. The Morgan fingerprint density at radius 1 is 1.09 bits per heavy atom. The molecule has 0 saturated carbocycles. The summed E-state index contributed by atoms with van der Waals surface area (Å²) >= 11 is 5.85. The lowest BCUT2D eigenvalue weighted by atomic mass is 10.1. The third-order valence-corrected chi connectivity index (χ3v) is 3.26. The Morgan fingerprint density at radius 2 is 1.91 bits per heavy atom. The van der Waals surface area contributed by atoms with Gasteiger partial charge in [0.25, 0.3) is 0 Å². The quantitative estimate of drug-likeness (QED) is 0.635. The van der Waals surface area contributed by atoms with Crippen LogP contribution in [0.1, 0.15) is 5.69 Å².